The monoisotopic (exact) mass is 449 g/mol. The molecule has 1 saturated heterocycles. The van der Waals surface area contributed by atoms with Crippen molar-refractivity contribution >= 4 is 16.9 Å². The number of rotatable bonds is 6. The Kier molecular flexibility index (Phi) is 7.02. The van der Waals surface area contributed by atoms with Gasteiger partial charge >= 0.3 is 5.63 Å². The van der Waals surface area contributed by atoms with Crippen molar-refractivity contribution in [2.45, 2.75) is 51.5 Å². The number of hydrogen-bond donors (Lipinski definition) is 0. The molecule has 1 amide bonds. The number of benzene rings is 2. The maximum Gasteiger partial charge on any atom is 0.339 e. The summed E-state index contributed by atoms with van der Waals surface area (Å²) in [4.78, 5) is 28.0. The van der Waals surface area contributed by atoms with Crippen molar-refractivity contribution in [3.8, 4) is 11.5 Å². The van der Waals surface area contributed by atoms with Crippen LogP contribution in [0, 0.1) is 6.92 Å². The quantitative estimate of drug-likeness (QED) is 0.484. The number of hydrogen-bond acceptors (Lipinski definition) is 5. The Morgan fingerprint density at radius 1 is 1.03 bits per heavy atom. The lowest BCUT2D eigenvalue weighted by molar-refractivity contribution is -0.133. The summed E-state index contributed by atoms with van der Waals surface area (Å²) in [5.41, 5.74) is 2.67. The van der Waals surface area contributed by atoms with Crippen LogP contribution in [0.5, 0.6) is 11.5 Å². The Hall–Kier alpha value is -3.28. The van der Waals surface area contributed by atoms with Crippen LogP contribution in [0.3, 0.4) is 0 Å². The van der Waals surface area contributed by atoms with Gasteiger partial charge in [-0.15, -0.1) is 0 Å². The molecule has 6 nitrogen and oxygen atoms in total. The third kappa shape index (κ3) is 4.90. The number of likely N-dealkylation sites (tertiary alicyclic amines) is 1. The fourth-order valence-electron chi connectivity index (χ4n) is 4.75. The van der Waals surface area contributed by atoms with Crippen LogP contribution in [0.4, 0.5) is 0 Å². The van der Waals surface area contributed by atoms with Crippen LogP contribution in [-0.2, 0) is 11.2 Å². The highest BCUT2D eigenvalue weighted by Crippen LogP contribution is 2.32. The van der Waals surface area contributed by atoms with Gasteiger partial charge in [-0.3, -0.25) is 4.79 Å². The number of nitrogens with zero attached hydrogens (tertiary/aromatic N) is 1. The molecule has 1 aromatic heterocycles. The second-order valence-electron chi connectivity index (χ2n) is 8.58. The number of carbonyl (C=O) groups is 1. The van der Waals surface area contributed by atoms with Crippen molar-refractivity contribution in [1.82, 2.24) is 4.90 Å². The van der Waals surface area contributed by atoms with Gasteiger partial charge in [0.05, 0.1) is 20.3 Å². The molecule has 174 valence electrons. The number of ether oxygens (including phenoxy) is 2. The van der Waals surface area contributed by atoms with Crippen LogP contribution in [0.1, 0.15) is 54.8 Å². The summed E-state index contributed by atoms with van der Waals surface area (Å²) >= 11 is 0. The number of carbonyl (C=O) groups excluding carboxylic acids is 1. The zero-order valence-electron chi connectivity index (χ0n) is 19.6. The standard InChI is InChI=1S/C27H31NO5/c1-18-22-13-12-21(32-3)17-25(22)33-27(30)23(18)14-15-26(29)28-16-6-4-5-7-24(28)19-8-10-20(31-2)11-9-19/h8-13,17,24H,4-7,14-16H2,1-3H3/t24-/m1/s1. The molecular weight excluding hydrogens is 418 g/mol. The molecule has 0 aliphatic carbocycles. The molecule has 4 rings (SSSR count). The minimum Gasteiger partial charge on any atom is -0.497 e. The fraction of sp³-hybridized carbons (Fsp3) is 0.407. The highest BCUT2D eigenvalue weighted by Gasteiger charge is 2.27. The van der Waals surface area contributed by atoms with Gasteiger partial charge in [-0.25, -0.2) is 4.79 Å². The van der Waals surface area contributed by atoms with Gasteiger partial charge < -0.3 is 18.8 Å². The van der Waals surface area contributed by atoms with Gasteiger partial charge in [0, 0.05) is 30.0 Å². The van der Waals surface area contributed by atoms with Crippen LogP contribution >= 0.6 is 0 Å². The van der Waals surface area contributed by atoms with Crippen molar-refractivity contribution in [2.75, 3.05) is 20.8 Å². The summed E-state index contributed by atoms with van der Waals surface area (Å²) in [5, 5.41) is 0.865. The average molecular weight is 450 g/mol. The minimum absolute atomic E-state index is 0.0486. The highest BCUT2D eigenvalue weighted by atomic mass is 16.5. The smallest absolute Gasteiger partial charge is 0.339 e. The molecule has 0 N–H and O–H groups in total. The van der Waals surface area contributed by atoms with E-state index in [4.69, 9.17) is 13.9 Å². The molecule has 0 bridgehead atoms. The largest absolute Gasteiger partial charge is 0.497 e. The predicted molar refractivity (Wildman–Crippen MR) is 128 cm³/mol. The Balaban J connectivity index is 1.55. The third-order valence-corrected chi connectivity index (χ3v) is 6.66. The van der Waals surface area contributed by atoms with E-state index in [9.17, 15) is 9.59 Å². The van der Waals surface area contributed by atoms with Gasteiger partial charge in [0.2, 0.25) is 5.91 Å². The molecule has 1 aliphatic heterocycles. The summed E-state index contributed by atoms with van der Waals surface area (Å²) in [6.07, 6.45) is 4.79. The molecular formula is C27H31NO5. The summed E-state index contributed by atoms with van der Waals surface area (Å²) in [6.45, 7) is 2.65. The van der Waals surface area contributed by atoms with Gasteiger partial charge in [0.15, 0.2) is 0 Å². The van der Waals surface area contributed by atoms with Gasteiger partial charge in [0.25, 0.3) is 0 Å². The molecule has 6 heteroatoms. The Morgan fingerprint density at radius 2 is 1.76 bits per heavy atom. The third-order valence-electron chi connectivity index (χ3n) is 6.66. The van der Waals surface area contributed by atoms with Gasteiger partial charge in [-0.1, -0.05) is 25.0 Å². The molecule has 0 radical (unpaired) electrons. The Labute approximate surface area is 194 Å². The first-order valence-electron chi connectivity index (χ1n) is 11.6. The molecule has 1 aliphatic rings. The topological polar surface area (TPSA) is 69.0 Å². The summed E-state index contributed by atoms with van der Waals surface area (Å²) in [7, 11) is 3.23. The highest BCUT2D eigenvalue weighted by molar-refractivity contribution is 5.83. The zero-order valence-corrected chi connectivity index (χ0v) is 19.6. The van der Waals surface area contributed by atoms with Gasteiger partial charge in [0.1, 0.15) is 17.1 Å². The first kappa shape index (κ1) is 22.9. The minimum atomic E-state index is -0.386. The van der Waals surface area contributed by atoms with Crippen molar-refractivity contribution in [2.24, 2.45) is 0 Å². The Bertz CT molecular complexity index is 1180. The Morgan fingerprint density at radius 3 is 2.48 bits per heavy atom. The molecule has 1 atom stereocenters. The SMILES string of the molecule is COc1ccc([C@H]2CCCCCN2C(=O)CCc2c(C)c3ccc(OC)cc3oc2=O)cc1. The molecule has 2 aromatic carbocycles. The molecule has 2 heterocycles. The number of amides is 1. The van der Waals surface area contributed by atoms with E-state index in [1.807, 2.05) is 48.2 Å². The summed E-state index contributed by atoms with van der Waals surface area (Å²) in [6, 6.07) is 13.5. The second-order valence-corrected chi connectivity index (χ2v) is 8.58. The first-order chi connectivity index (χ1) is 16.0. The lowest BCUT2D eigenvalue weighted by Crippen LogP contribution is -2.35. The average Bonchev–Trinajstić information content (AvgIpc) is 3.09. The van der Waals surface area contributed by atoms with Crippen LogP contribution in [-0.4, -0.2) is 31.6 Å². The molecule has 1 fully saturated rings. The van der Waals surface area contributed by atoms with E-state index in [1.165, 1.54) is 0 Å². The molecule has 0 saturated carbocycles. The van der Waals surface area contributed by atoms with Crippen molar-refractivity contribution in [1.29, 1.82) is 0 Å². The number of aryl methyl sites for hydroxylation is 1. The number of methoxy groups -OCH3 is 2. The van der Waals surface area contributed by atoms with Crippen LogP contribution in [0.25, 0.3) is 11.0 Å². The van der Waals surface area contributed by atoms with Crippen LogP contribution in [0.15, 0.2) is 51.7 Å². The molecule has 33 heavy (non-hydrogen) atoms. The van der Waals surface area contributed by atoms with E-state index in [-0.39, 0.29) is 24.0 Å². The van der Waals surface area contributed by atoms with E-state index >= 15 is 0 Å². The van der Waals surface area contributed by atoms with Crippen LogP contribution in [0.2, 0.25) is 0 Å². The van der Waals surface area contributed by atoms with Crippen molar-refractivity contribution < 1.29 is 18.7 Å². The molecule has 3 aromatic rings. The van der Waals surface area contributed by atoms with E-state index in [2.05, 4.69) is 0 Å². The maximum atomic E-state index is 13.4. The summed E-state index contributed by atoms with van der Waals surface area (Å²) in [5.74, 6) is 1.52. The lowest BCUT2D eigenvalue weighted by atomic mass is 9.99. The van der Waals surface area contributed by atoms with Crippen molar-refractivity contribution in [3.05, 3.63) is 69.6 Å². The molecule has 0 spiro atoms. The maximum absolute atomic E-state index is 13.4. The predicted octanol–water partition coefficient (Wildman–Crippen LogP) is 5.20. The van der Waals surface area contributed by atoms with Gasteiger partial charge in [-0.05, 0) is 61.6 Å². The molecule has 0 unspecified atom stereocenters. The van der Waals surface area contributed by atoms with Crippen LogP contribution < -0.4 is 15.1 Å². The first-order valence-corrected chi connectivity index (χ1v) is 11.6. The van der Waals surface area contributed by atoms with Gasteiger partial charge in [-0.2, -0.15) is 0 Å². The van der Waals surface area contributed by atoms with E-state index < -0.39 is 0 Å². The number of fused-ring (bicyclic) bond motifs is 1. The van der Waals surface area contributed by atoms with E-state index in [1.54, 1.807) is 20.3 Å². The lowest BCUT2D eigenvalue weighted by Gasteiger charge is -2.31. The normalized spacial score (nSPS) is 16.5. The fourth-order valence-corrected chi connectivity index (χ4v) is 4.75. The second kappa shape index (κ2) is 10.1. The van der Waals surface area contributed by atoms with E-state index in [0.29, 0.717) is 23.3 Å². The van der Waals surface area contributed by atoms with Crippen molar-refractivity contribution in [3.63, 3.8) is 0 Å². The summed E-state index contributed by atoms with van der Waals surface area (Å²) < 4.78 is 16.1. The zero-order chi connectivity index (χ0) is 23.4. The van der Waals surface area contributed by atoms with E-state index in [0.717, 1.165) is 54.5 Å².